The Kier molecular flexibility index (Phi) is 4.88. The number of nitrogens with one attached hydrogen (secondary N) is 2. The Balaban J connectivity index is 1.69. The topological polar surface area (TPSA) is 74.3 Å². The molecule has 0 saturated carbocycles. The third-order valence-electron chi connectivity index (χ3n) is 4.50. The van der Waals surface area contributed by atoms with Crippen molar-refractivity contribution in [2.45, 2.75) is 19.3 Å². The van der Waals surface area contributed by atoms with E-state index in [9.17, 15) is 14.0 Å². The van der Waals surface area contributed by atoms with E-state index in [-0.39, 0.29) is 24.2 Å². The number of rotatable bonds is 4. The first-order valence-corrected chi connectivity index (χ1v) is 8.41. The third kappa shape index (κ3) is 3.82. The molecule has 0 spiro atoms. The summed E-state index contributed by atoms with van der Waals surface area (Å²) in [5.74, 6) is 0.110. The van der Waals surface area contributed by atoms with Gasteiger partial charge in [0.1, 0.15) is 11.6 Å². The van der Waals surface area contributed by atoms with Gasteiger partial charge in [-0.1, -0.05) is 12.1 Å². The Morgan fingerprint density at radius 3 is 2.58 bits per heavy atom. The van der Waals surface area contributed by atoms with Crippen LogP contribution in [0.2, 0.25) is 0 Å². The molecule has 136 valence electrons. The van der Waals surface area contributed by atoms with Crippen LogP contribution in [-0.4, -0.2) is 36.4 Å². The Labute approximate surface area is 151 Å². The molecule has 1 aliphatic heterocycles. The smallest absolute Gasteiger partial charge is 0.239 e. The number of carbonyl (C=O) groups is 2. The van der Waals surface area contributed by atoms with Crippen molar-refractivity contribution in [3.8, 4) is 0 Å². The average molecular weight is 356 g/mol. The van der Waals surface area contributed by atoms with E-state index in [0.29, 0.717) is 24.6 Å². The van der Waals surface area contributed by atoms with Crippen molar-refractivity contribution in [1.29, 1.82) is 0 Å². The predicted molar refractivity (Wildman–Crippen MR) is 97.5 cm³/mol. The second kappa shape index (κ2) is 7.11. The van der Waals surface area contributed by atoms with Gasteiger partial charge in [-0.05, 0) is 43.7 Å². The molecule has 7 heteroatoms. The lowest BCUT2D eigenvalue weighted by Gasteiger charge is -2.28. The minimum atomic E-state index is -0.822. The van der Waals surface area contributed by atoms with Gasteiger partial charge in [-0.25, -0.2) is 9.37 Å². The summed E-state index contributed by atoms with van der Waals surface area (Å²) in [6, 6.07) is 9.44. The minimum absolute atomic E-state index is 0.0310. The third-order valence-corrected chi connectivity index (χ3v) is 4.50. The second-order valence-electron chi connectivity index (χ2n) is 6.76. The molecule has 2 aromatic rings. The first kappa shape index (κ1) is 17.8. The maximum atomic E-state index is 13.1. The van der Waals surface area contributed by atoms with Gasteiger partial charge in [0.05, 0.1) is 23.8 Å². The van der Waals surface area contributed by atoms with Crippen LogP contribution in [0.1, 0.15) is 19.4 Å². The largest absolute Gasteiger partial charge is 0.353 e. The summed E-state index contributed by atoms with van der Waals surface area (Å²) in [5, 5.41) is 5.61. The number of benzene rings is 1. The second-order valence-corrected chi connectivity index (χ2v) is 6.76. The molecule has 2 N–H and O–H groups in total. The highest BCUT2D eigenvalue weighted by Crippen LogP contribution is 2.25. The number of carbonyl (C=O) groups excluding carboxylic acids is 2. The van der Waals surface area contributed by atoms with Crippen molar-refractivity contribution in [3.63, 3.8) is 0 Å². The van der Waals surface area contributed by atoms with Gasteiger partial charge in [0, 0.05) is 13.1 Å². The average Bonchev–Trinajstić information content (AvgIpc) is 2.62. The first-order chi connectivity index (χ1) is 12.4. The molecule has 1 aromatic heterocycles. The first-order valence-electron chi connectivity index (χ1n) is 8.41. The Bertz CT molecular complexity index is 803. The summed E-state index contributed by atoms with van der Waals surface area (Å²) in [4.78, 5) is 30.3. The van der Waals surface area contributed by atoms with E-state index >= 15 is 0 Å². The molecule has 0 atom stereocenters. The van der Waals surface area contributed by atoms with Crippen LogP contribution in [-0.2, 0) is 15.0 Å². The van der Waals surface area contributed by atoms with Crippen molar-refractivity contribution in [1.82, 2.24) is 10.3 Å². The summed E-state index contributed by atoms with van der Waals surface area (Å²) < 4.78 is 13.1. The van der Waals surface area contributed by atoms with Gasteiger partial charge >= 0.3 is 0 Å². The van der Waals surface area contributed by atoms with E-state index in [4.69, 9.17) is 0 Å². The number of aromatic nitrogens is 1. The predicted octanol–water partition coefficient (Wildman–Crippen LogP) is 2.07. The summed E-state index contributed by atoms with van der Waals surface area (Å²) in [5.41, 5.74) is 0.466. The number of pyridine rings is 1. The number of hydrogen-bond donors (Lipinski definition) is 2. The van der Waals surface area contributed by atoms with Gasteiger partial charge in [0.25, 0.3) is 0 Å². The molecule has 0 aliphatic carbocycles. The number of nitrogens with zero attached hydrogens (tertiary/aromatic N) is 2. The molecule has 26 heavy (non-hydrogen) atoms. The van der Waals surface area contributed by atoms with E-state index in [1.54, 1.807) is 44.3 Å². The Morgan fingerprint density at radius 2 is 1.96 bits per heavy atom. The van der Waals surface area contributed by atoms with Crippen LogP contribution in [0, 0.1) is 5.82 Å². The fraction of sp³-hybridized carbons (Fsp3) is 0.316. The van der Waals surface area contributed by atoms with Crippen LogP contribution >= 0.6 is 0 Å². The molecule has 1 aromatic carbocycles. The molecular formula is C19H21FN4O2. The standard InChI is InChI=1S/C19H21FN4O2/c1-19(2,13-3-5-14(20)6-4-13)18(26)23-15-7-8-16(22-11-15)24-10-9-21-17(25)12-24/h3-8,11H,9-10,12H2,1-2H3,(H,21,25)(H,23,26). The van der Waals surface area contributed by atoms with Crippen molar-refractivity contribution in [3.05, 3.63) is 54.0 Å². The van der Waals surface area contributed by atoms with Gasteiger partial charge in [0.2, 0.25) is 11.8 Å². The van der Waals surface area contributed by atoms with Crippen LogP contribution < -0.4 is 15.5 Å². The quantitative estimate of drug-likeness (QED) is 0.880. The molecule has 0 bridgehead atoms. The van der Waals surface area contributed by atoms with Crippen LogP contribution in [0.15, 0.2) is 42.6 Å². The van der Waals surface area contributed by atoms with E-state index in [1.807, 2.05) is 4.90 Å². The zero-order valence-corrected chi connectivity index (χ0v) is 14.8. The number of anilines is 2. The van der Waals surface area contributed by atoms with Crippen molar-refractivity contribution >= 4 is 23.3 Å². The molecule has 1 aliphatic rings. The Hall–Kier alpha value is -2.96. The molecular weight excluding hydrogens is 335 g/mol. The number of halogens is 1. The number of amides is 2. The van der Waals surface area contributed by atoms with Crippen LogP contribution in [0.25, 0.3) is 0 Å². The van der Waals surface area contributed by atoms with Crippen LogP contribution in [0.4, 0.5) is 15.9 Å². The Morgan fingerprint density at radius 1 is 1.23 bits per heavy atom. The highest BCUT2D eigenvalue weighted by molar-refractivity contribution is 5.98. The molecule has 2 amide bonds. The summed E-state index contributed by atoms with van der Waals surface area (Å²) in [6.45, 7) is 5.12. The fourth-order valence-corrected chi connectivity index (χ4v) is 2.77. The lowest BCUT2D eigenvalue weighted by atomic mass is 9.83. The maximum absolute atomic E-state index is 13.1. The van der Waals surface area contributed by atoms with Crippen molar-refractivity contribution < 1.29 is 14.0 Å². The minimum Gasteiger partial charge on any atom is -0.353 e. The van der Waals surface area contributed by atoms with E-state index in [0.717, 1.165) is 5.56 Å². The normalized spacial score (nSPS) is 14.7. The van der Waals surface area contributed by atoms with Crippen LogP contribution in [0.3, 0.4) is 0 Å². The monoisotopic (exact) mass is 356 g/mol. The molecule has 0 unspecified atom stereocenters. The number of hydrogen-bond acceptors (Lipinski definition) is 4. The maximum Gasteiger partial charge on any atom is 0.239 e. The lowest BCUT2D eigenvalue weighted by molar-refractivity contribution is -0.121. The molecule has 0 radical (unpaired) electrons. The van der Waals surface area contributed by atoms with Gasteiger partial charge in [-0.3, -0.25) is 9.59 Å². The van der Waals surface area contributed by atoms with Crippen molar-refractivity contribution in [2.75, 3.05) is 29.9 Å². The molecule has 3 rings (SSSR count). The molecule has 6 nitrogen and oxygen atoms in total. The van der Waals surface area contributed by atoms with E-state index in [1.165, 1.54) is 12.1 Å². The highest BCUT2D eigenvalue weighted by Gasteiger charge is 2.30. The van der Waals surface area contributed by atoms with E-state index in [2.05, 4.69) is 15.6 Å². The molecule has 2 heterocycles. The zero-order valence-electron chi connectivity index (χ0n) is 14.8. The zero-order chi connectivity index (χ0) is 18.7. The van der Waals surface area contributed by atoms with Gasteiger partial charge in [0.15, 0.2) is 0 Å². The van der Waals surface area contributed by atoms with Crippen LogP contribution in [0.5, 0.6) is 0 Å². The van der Waals surface area contributed by atoms with E-state index < -0.39 is 5.41 Å². The van der Waals surface area contributed by atoms with Gasteiger partial charge in [-0.2, -0.15) is 0 Å². The SMILES string of the molecule is CC(C)(C(=O)Nc1ccc(N2CCNC(=O)C2)nc1)c1ccc(F)cc1. The van der Waals surface area contributed by atoms with Gasteiger partial charge in [-0.15, -0.1) is 0 Å². The van der Waals surface area contributed by atoms with Gasteiger partial charge < -0.3 is 15.5 Å². The summed E-state index contributed by atoms with van der Waals surface area (Å²) in [7, 11) is 0. The lowest BCUT2D eigenvalue weighted by Crippen LogP contribution is -2.48. The van der Waals surface area contributed by atoms with Crippen molar-refractivity contribution in [2.24, 2.45) is 0 Å². The summed E-state index contributed by atoms with van der Waals surface area (Å²) >= 11 is 0. The fourth-order valence-electron chi connectivity index (χ4n) is 2.77. The summed E-state index contributed by atoms with van der Waals surface area (Å²) in [6.07, 6.45) is 1.57. The molecule has 1 fully saturated rings. The number of piperazine rings is 1. The molecule has 1 saturated heterocycles. The highest BCUT2D eigenvalue weighted by atomic mass is 19.1.